The predicted molar refractivity (Wildman–Crippen MR) is 104 cm³/mol. The molecule has 0 radical (unpaired) electrons. The summed E-state index contributed by atoms with van der Waals surface area (Å²) in [7, 11) is 1.33. The lowest BCUT2D eigenvalue weighted by atomic mass is 10.0. The number of halogens is 3. The number of amides is 2. The van der Waals surface area contributed by atoms with Crippen LogP contribution in [0.15, 0.2) is 12.2 Å². The average molecular weight is 434 g/mol. The van der Waals surface area contributed by atoms with Crippen LogP contribution in [0.5, 0.6) is 0 Å². The first-order valence-electron chi connectivity index (χ1n) is 9.48. The molecule has 0 aromatic carbocycles. The fourth-order valence-electron chi connectivity index (χ4n) is 2.92. The van der Waals surface area contributed by atoms with E-state index in [9.17, 15) is 22.8 Å². The first-order valence-corrected chi connectivity index (χ1v) is 10.3. The maximum Gasteiger partial charge on any atom is 0.445 e. The summed E-state index contributed by atoms with van der Waals surface area (Å²) in [6.45, 7) is 4.80. The zero-order chi connectivity index (χ0) is 21.6. The molecule has 11 heteroatoms. The molecule has 1 saturated heterocycles. The van der Waals surface area contributed by atoms with Crippen LogP contribution in [0, 0.1) is 5.92 Å². The molecule has 7 nitrogen and oxygen atoms in total. The van der Waals surface area contributed by atoms with Crippen LogP contribution in [-0.2, 0) is 15.8 Å². The van der Waals surface area contributed by atoms with Crippen molar-refractivity contribution in [3.8, 4) is 0 Å². The lowest BCUT2D eigenvalue weighted by molar-refractivity contribution is -0.138. The Balaban J connectivity index is 2.01. The topological polar surface area (TPSA) is 87.2 Å². The predicted octanol–water partition coefficient (Wildman–Crippen LogP) is 2.75. The Hall–Kier alpha value is -2.01. The number of hydrogen-bond donors (Lipinski definition) is 2. The normalized spacial score (nSPS) is 18.8. The molecule has 1 aromatic rings. The highest BCUT2D eigenvalue weighted by Gasteiger charge is 2.36. The van der Waals surface area contributed by atoms with Gasteiger partial charge in [-0.1, -0.05) is 37.7 Å². The maximum absolute atomic E-state index is 12.7. The molecule has 2 amide bonds. The van der Waals surface area contributed by atoms with Crippen molar-refractivity contribution < 1.29 is 22.8 Å². The van der Waals surface area contributed by atoms with Crippen molar-refractivity contribution in [1.29, 1.82) is 0 Å². The highest BCUT2D eigenvalue weighted by atomic mass is 32.1. The standard InChI is InChI=1S/C18H26F3N5O2S/c1-11(2)10-12(23-15(28)13-6-4-5-9-22-13)7-8-14(27)26(3)17-25-24-16(29-17)18(19,20)21/h7-8,11-13,22H,4-6,9-10H2,1-3H3,(H,23,28). The quantitative estimate of drug-likeness (QED) is 0.646. The van der Waals surface area contributed by atoms with E-state index in [1.54, 1.807) is 6.08 Å². The van der Waals surface area contributed by atoms with Gasteiger partial charge in [0.15, 0.2) is 0 Å². The minimum atomic E-state index is -4.60. The molecule has 0 spiro atoms. The Morgan fingerprint density at radius 3 is 2.62 bits per heavy atom. The van der Waals surface area contributed by atoms with Crippen LogP contribution >= 0.6 is 11.3 Å². The summed E-state index contributed by atoms with van der Waals surface area (Å²) in [5.74, 6) is -0.386. The number of aromatic nitrogens is 2. The second kappa shape index (κ2) is 10.1. The van der Waals surface area contributed by atoms with Gasteiger partial charge < -0.3 is 10.6 Å². The van der Waals surface area contributed by atoms with Gasteiger partial charge in [0.2, 0.25) is 16.0 Å². The zero-order valence-corrected chi connectivity index (χ0v) is 17.4. The molecule has 1 aliphatic rings. The number of hydrogen-bond acceptors (Lipinski definition) is 6. The van der Waals surface area contributed by atoms with Crippen LogP contribution in [0.4, 0.5) is 18.3 Å². The van der Waals surface area contributed by atoms with Crippen molar-refractivity contribution in [1.82, 2.24) is 20.8 Å². The molecule has 1 aromatic heterocycles. The Labute approximate surface area is 171 Å². The van der Waals surface area contributed by atoms with Gasteiger partial charge in [-0.25, -0.2) is 0 Å². The molecule has 0 saturated carbocycles. The van der Waals surface area contributed by atoms with E-state index in [4.69, 9.17) is 0 Å². The molecule has 2 atom stereocenters. The van der Waals surface area contributed by atoms with Crippen LogP contribution < -0.4 is 15.5 Å². The largest absolute Gasteiger partial charge is 0.445 e. The Morgan fingerprint density at radius 1 is 1.34 bits per heavy atom. The molecule has 2 heterocycles. The Bertz CT molecular complexity index is 729. The number of carbonyl (C=O) groups is 2. The molecule has 2 unspecified atom stereocenters. The van der Waals surface area contributed by atoms with Crippen molar-refractivity contribution in [2.45, 2.75) is 57.8 Å². The number of nitrogens with one attached hydrogen (secondary N) is 2. The molecule has 0 bridgehead atoms. The van der Waals surface area contributed by atoms with E-state index in [0.29, 0.717) is 17.8 Å². The SMILES string of the molecule is CC(C)CC(C=CC(=O)N(C)c1nnc(C(F)(F)F)s1)NC(=O)C1CCCCN1. The molecule has 1 fully saturated rings. The molecule has 1 aliphatic heterocycles. The van der Waals surface area contributed by atoms with E-state index in [1.807, 2.05) is 13.8 Å². The third-order valence-corrected chi connectivity index (χ3v) is 5.47. The first kappa shape index (κ1) is 23.3. The summed E-state index contributed by atoms with van der Waals surface area (Å²) in [5, 5.41) is 11.4. The number of rotatable bonds is 7. The van der Waals surface area contributed by atoms with E-state index in [0.717, 1.165) is 30.7 Å². The summed E-state index contributed by atoms with van der Waals surface area (Å²) < 4.78 is 38.0. The number of carbonyl (C=O) groups excluding carboxylic acids is 2. The van der Waals surface area contributed by atoms with Crippen molar-refractivity contribution >= 4 is 28.3 Å². The summed E-state index contributed by atoms with van der Waals surface area (Å²) >= 11 is 0.297. The number of alkyl halides is 3. The number of piperidine rings is 1. The van der Waals surface area contributed by atoms with Gasteiger partial charge >= 0.3 is 6.18 Å². The molecule has 0 aliphatic carbocycles. The summed E-state index contributed by atoms with van der Waals surface area (Å²) in [6.07, 6.45) is 1.65. The van der Waals surface area contributed by atoms with Crippen molar-refractivity contribution in [3.63, 3.8) is 0 Å². The number of nitrogens with zero attached hydrogens (tertiary/aromatic N) is 3. The third kappa shape index (κ3) is 7.07. The molecule has 162 valence electrons. The van der Waals surface area contributed by atoms with Crippen molar-refractivity contribution in [2.75, 3.05) is 18.5 Å². The van der Waals surface area contributed by atoms with Gasteiger partial charge in [0.1, 0.15) is 0 Å². The number of likely N-dealkylation sites (N-methyl/N-ethyl adjacent to an activating group) is 1. The van der Waals surface area contributed by atoms with Crippen LogP contribution in [0.3, 0.4) is 0 Å². The molecular weight excluding hydrogens is 407 g/mol. The summed E-state index contributed by atoms with van der Waals surface area (Å²) in [4.78, 5) is 25.8. The fourth-order valence-corrected chi connectivity index (χ4v) is 3.60. The van der Waals surface area contributed by atoms with E-state index >= 15 is 0 Å². The maximum atomic E-state index is 12.7. The molecule has 2 rings (SSSR count). The summed E-state index contributed by atoms with van der Waals surface area (Å²) in [5.41, 5.74) is 0. The first-order chi connectivity index (χ1) is 13.6. The smallest absolute Gasteiger partial charge is 0.349 e. The van der Waals surface area contributed by atoms with Crippen LogP contribution in [0.2, 0.25) is 0 Å². The van der Waals surface area contributed by atoms with E-state index in [1.165, 1.54) is 13.1 Å². The van der Waals surface area contributed by atoms with Gasteiger partial charge in [0.25, 0.3) is 5.91 Å². The van der Waals surface area contributed by atoms with E-state index < -0.39 is 17.1 Å². The summed E-state index contributed by atoms with van der Waals surface area (Å²) in [6, 6.07) is -0.601. The van der Waals surface area contributed by atoms with Gasteiger partial charge in [0, 0.05) is 19.2 Å². The van der Waals surface area contributed by atoms with Crippen LogP contribution in [0.1, 0.15) is 44.5 Å². The molecular formula is C18H26F3N5O2S. The number of anilines is 1. The lowest BCUT2D eigenvalue weighted by Crippen LogP contribution is -2.49. The average Bonchev–Trinajstić information content (AvgIpc) is 3.16. The second-order valence-corrected chi connectivity index (χ2v) is 8.35. The minimum Gasteiger partial charge on any atom is -0.349 e. The van der Waals surface area contributed by atoms with Gasteiger partial charge in [-0.2, -0.15) is 13.2 Å². The molecule has 29 heavy (non-hydrogen) atoms. The van der Waals surface area contributed by atoms with Crippen molar-refractivity contribution in [3.05, 3.63) is 17.2 Å². The highest BCUT2D eigenvalue weighted by Crippen LogP contribution is 2.34. The van der Waals surface area contributed by atoms with Gasteiger partial charge in [0.05, 0.1) is 6.04 Å². The van der Waals surface area contributed by atoms with Gasteiger partial charge in [-0.3, -0.25) is 14.5 Å². The van der Waals surface area contributed by atoms with Crippen LogP contribution in [0.25, 0.3) is 0 Å². The fraction of sp³-hybridized carbons (Fsp3) is 0.667. The molecule has 2 N–H and O–H groups in total. The van der Waals surface area contributed by atoms with Crippen LogP contribution in [-0.4, -0.2) is 47.7 Å². The van der Waals surface area contributed by atoms with E-state index in [-0.39, 0.29) is 29.0 Å². The van der Waals surface area contributed by atoms with Gasteiger partial charge in [-0.15, -0.1) is 10.2 Å². The zero-order valence-electron chi connectivity index (χ0n) is 16.6. The second-order valence-electron chi connectivity index (χ2n) is 7.39. The minimum absolute atomic E-state index is 0.111. The van der Waals surface area contributed by atoms with Gasteiger partial charge in [-0.05, 0) is 31.7 Å². The Morgan fingerprint density at radius 2 is 2.07 bits per heavy atom. The highest BCUT2D eigenvalue weighted by molar-refractivity contribution is 7.15. The Kier molecular flexibility index (Phi) is 8.14. The lowest BCUT2D eigenvalue weighted by Gasteiger charge is -2.25. The monoisotopic (exact) mass is 433 g/mol. The van der Waals surface area contributed by atoms with Crippen molar-refractivity contribution in [2.24, 2.45) is 5.92 Å². The van der Waals surface area contributed by atoms with E-state index in [2.05, 4.69) is 20.8 Å². The third-order valence-electron chi connectivity index (χ3n) is 4.43.